The first-order valence-electron chi connectivity index (χ1n) is 7.40. The number of carbonyl (C=O) groups excluding carboxylic acids is 1. The summed E-state index contributed by atoms with van der Waals surface area (Å²) < 4.78 is 4.92. The second-order valence-electron chi connectivity index (χ2n) is 5.73. The molecule has 0 spiro atoms. The lowest BCUT2D eigenvalue weighted by Crippen LogP contribution is -2.41. The third-order valence-electron chi connectivity index (χ3n) is 3.28. The molecule has 124 valence electrons. The smallest absolute Gasteiger partial charge is 0.407 e. The second-order valence-corrected chi connectivity index (χ2v) is 5.73. The summed E-state index contributed by atoms with van der Waals surface area (Å²) in [6.45, 7) is 6.88. The average molecular weight is 412 g/mol. The Morgan fingerprint density at radius 2 is 2.10 bits per heavy atom. The molecule has 0 aromatic rings. The first-order valence-corrected chi connectivity index (χ1v) is 7.40. The number of nitrogens with two attached hydrogens (primary N) is 1. The minimum absolute atomic E-state index is 0. The molecule has 0 aromatic carbocycles. The highest BCUT2D eigenvalue weighted by Crippen LogP contribution is 2.24. The number of rotatable bonds is 7. The fourth-order valence-electron chi connectivity index (χ4n) is 2.05. The van der Waals surface area contributed by atoms with Crippen molar-refractivity contribution < 1.29 is 9.53 Å². The summed E-state index contributed by atoms with van der Waals surface area (Å²) in [7, 11) is 1.97. The van der Waals surface area contributed by atoms with Gasteiger partial charge in [-0.25, -0.2) is 4.79 Å². The quantitative estimate of drug-likeness (QED) is 0.382. The lowest BCUT2D eigenvalue weighted by atomic mass is 10.0. The van der Waals surface area contributed by atoms with E-state index in [2.05, 4.69) is 24.2 Å². The molecule has 0 bridgehead atoms. The molecule has 21 heavy (non-hydrogen) atoms. The number of hydrogen-bond donors (Lipinski definition) is 2. The van der Waals surface area contributed by atoms with E-state index in [4.69, 9.17) is 10.5 Å². The molecular weight excluding hydrogens is 383 g/mol. The molecule has 0 aliphatic heterocycles. The van der Waals surface area contributed by atoms with Crippen molar-refractivity contribution in [2.45, 2.75) is 52.1 Å². The molecule has 1 rings (SSSR count). The van der Waals surface area contributed by atoms with Gasteiger partial charge in [0.25, 0.3) is 0 Å². The Bertz CT molecular complexity index is 346. The fourth-order valence-corrected chi connectivity index (χ4v) is 2.05. The average Bonchev–Trinajstić information content (AvgIpc) is 3.18. The van der Waals surface area contributed by atoms with Gasteiger partial charge in [0, 0.05) is 13.1 Å². The van der Waals surface area contributed by atoms with Crippen molar-refractivity contribution in [3.63, 3.8) is 0 Å². The fraction of sp³-hybridized carbons (Fsp3) is 0.857. The van der Waals surface area contributed by atoms with E-state index in [1.165, 1.54) is 12.8 Å². The molecule has 1 atom stereocenters. The molecule has 1 unspecified atom stereocenters. The van der Waals surface area contributed by atoms with Crippen LogP contribution in [0.1, 0.15) is 40.0 Å². The Labute approximate surface area is 144 Å². The Balaban J connectivity index is 0.00000400. The van der Waals surface area contributed by atoms with Crippen molar-refractivity contribution in [1.82, 2.24) is 10.2 Å². The topological polar surface area (TPSA) is 79.9 Å². The number of carbonyl (C=O) groups is 1. The highest BCUT2D eigenvalue weighted by molar-refractivity contribution is 14.0. The lowest BCUT2D eigenvalue weighted by molar-refractivity contribution is 0.147. The van der Waals surface area contributed by atoms with Crippen LogP contribution in [0.2, 0.25) is 0 Å². The van der Waals surface area contributed by atoms with E-state index >= 15 is 0 Å². The third-order valence-corrected chi connectivity index (χ3v) is 3.28. The van der Waals surface area contributed by atoms with Crippen molar-refractivity contribution >= 4 is 36.0 Å². The van der Waals surface area contributed by atoms with Gasteiger partial charge < -0.3 is 20.7 Å². The SMILES string of the molecule is CCOC(=O)NC(CN=C(N)N(C)C1CC1)CC(C)C.I. The standard InChI is InChI=1S/C14H28N4O2.HI/c1-5-20-14(19)17-11(8-10(2)3)9-16-13(15)18(4)12-6-7-12;/h10-12H,5-9H2,1-4H3,(H2,15,16)(H,17,19);1H. The zero-order valence-corrected chi connectivity index (χ0v) is 15.8. The summed E-state index contributed by atoms with van der Waals surface area (Å²) >= 11 is 0. The van der Waals surface area contributed by atoms with Crippen LogP contribution in [0, 0.1) is 5.92 Å². The molecule has 0 saturated heterocycles. The minimum atomic E-state index is -0.387. The summed E-state index contributed by atoms with van der Waals surface area (Å²) in [6.07, 6.45) is 2.83. The van der Waals surface area contributed by atoms with Crippen molar-refractivity contribution in [3.05, 3.63) is 0 Å². The number of halogens is 1. The molecule has 1 aliphatic carbocycles. The van der Waals surface area contributed by atoms with E-state index in [1.54, 1.807) is 6.92 Å². The zero-order chi connectivity index (χ0) is 15.1. The first kappa shape index (κ1) is 20.3. The molecule has 6 nitrogen and oxygen atoms in total. The maximum Gasteiger partial charge on any atom is 0.407 e. The molecule has 0 heterocycles. The van der Waals surface area contributed by atoms with Crippen LogP contribution >= 0.6 is 24.0 Å². The van der Waals surface area contributed by atoms with Gasteiger partial charge in [0.15, 0.2) is 5.96 Å². The van der Waals surface area contributed by atoms with Crippen molar-refractivity contribution in [2.24, 2.45) is 16.6 Å². The summed E-state index contributed by atoms with van der Waals surface area (Å²) in [5.41, 5.74) is 5.96. The number of ether oxygens (including phenoxy) is 1. The largest absolute Gasteiger partial charge is 0.450 e. The van der Waals surface area contributed by atoms with Crippen LogP contribution in [0.25, 0.3) is 0 Å². The second kappa shape index (κ2) is 10.1. The van der Waals surface area contributed by atoms with Crippen LogP contribution in [0.4, 0.5) is 4.79 Å². The van der Waals surface area contributed by atoms with Crippen LogP contribution in [0.3, 0.4) is 0 Å². The van der Waals surface area contributed by atoms with E-state index in [1.807, 2.05) is 11.9 Å². The van der Waals surface area contributed by atoms with Crippen LogP contribution in [0.15, 0.2) is 4.99 Å². The number of amides is 1. The number of hydrogen-bond acceptors (Lipinski definition) is 3. The summed E-state index contributed by atoms with van der Waals surface area (Å²) in [6, 6.07) is 0.500. The van der Waals surface area contributed by atoms with Crippen LogP contribution < -0.4 is 11.1 Å². The van der Waals surface area contributed by atoms with E-state index in [-0.39, 0.29) is 36.1 Å². The van der Waals surface area contributed by atoms with Crippen molar-refractivity contribution in [2.75, 3.05) is 20.2 Å². The molecule has 1 aliphatic rings. The summed E-state index contributed by atoms with van der Waals surface area (Å²) in [5.74, 6) is 1.02. The predicted octanol–water partition coefficient (Wildman–Crippen LogP) is 2.17. The number of nitrogens with zero attached hydrogens (tertiary/aromatic N) is 2. The van der Waals surface area contributed by atoms with Gasteiger partial charge in [-0.1, -0.05) is 13.8 Å². The van der Waals surface area contributed by atoms with Gasteiger partial charge in [0.2, 0.25) is 0 Å². The maximum atomic E-state index is 11.5. The molecule has 1 fully saturated rings. The highest BCUT2D eigenvalue weighted by atomic mass is 127. The Hall–Kier alpha value is -0.730. The van der Waals surface area contributed by atoms with Gasteiger partial charge in [0.05, 0.1) is 19.2 Å². The van der Waals surface area contributed by atoms with Gasteiger partial charge in [-0.15, -0.1) is 24.0 Å². The van der Waals surface area contributed by atoms with Crippen LogP contribution in [-0.4, -0.2) is 49.2 Å². The zero-order valence-electron chi connectivity index (χ0n) is 13.5. The lowest BCUT2D eigenvalue weighted by Gasteiger charge is -2.21. The first-order chi connectivity index (χ1) is 9.43. The number of aliphatic imine (C=N–C) groups is 1. The maximum absolute atomic E-state index is 11.5. The van der Waals surface area contributed by atoms with E-state index in [9.17, 15) is 4.79 Å². The minimum Gasteiger partial charge on any atom is -0.450 e. The Morgan fingerprint density at radius 1 is 1.48 bits per heavy atom. The third kappa shape index (κ3) is 8.33. The molecule has 3 N–H and O–H groups in total. The number of alkyl carbamates (subject to hydrolysis) is 1. The molecule has 1 amide bonds. The molecule has 0 radical (unpaired) electrons. The van der Waals surface area contributed by atoms with Crippen molar-refractivity contribution in [3.8, 4) is 0 Å². The number of guanidine groups is 1. The van der Waals surface area contributed by atoms with Crippen LogP contribution in [-0.2, 0) is 4.74 Å². The summed E-state index contributed by atoms with van der Waals surface area (Å²) in [4.78, 5) is 17.9. The van der Waals surface area contributed by atoms with Gasteiger partial charge in [-0.2, -0.15) is 0 Å². The van der Waals surface area contributed by atoms with Gasteiger partial charge in [-0.05, 0) is 32.1 Å². The molecular formula is C14H29IN4O2. The summed E-state index contributed by atoms with van der Waals surface area (Å²) in [5, 5.41) is 2.85. The predicted molar refractivity (Wildman–Crippen MR) is 96.1 cm³/mol. The Morgan fingerprint density at radius 3 is 2.57 bits per heavy atom. The molecule has 7 heteroatoms. The van der Waals surface area contributed by atoms with E-state index < -0.39 is 0 Å². The van der Waals surface area contributed by atoms with Gasteiger partial charge in [-0.3, -0.25) is 4.99 Å². The van der Waals surface area contributed by atoms with Gasteiger partial charge >= 0.3 is 6.09 Å². The van der Waals surface area contributed by atoms with E-state index in [0.717, 1.165) is 6.42 Å². The molecule has 0 aromatic heterocycles. The highest BCUT2D eigenvalue weighted by Gasteiger charge is 2.27. The normalized spacial score (nSPS) is 16.1. The van der Waals surface area contributed by atoms with Crippen LogP contribution in [0.5, 0.6) is 0 Å². The van der Waals surface area contributed by atoms with Gasteiger partial charge in [0.1, 0.15) is 0 Å². The Kier molecular flexibility index (Phi) is 9.72. The van der Waals surface area contributed by atoms with E-state index in [0.29, 0.717) is 31.1 Å². The number of nitrogens with one attached hydrogen (secondary N) is 1. The monoisotopic (exact) mass is 412 g/mol. The molecule has 1 saturated carbocycles. The van der Waals surface area contributed by atoms with Crippen molar-refractivity contribution in [1.29, 1.82) is 0 Å².